The predicted molar refractivity (Wildman–Crippen MR) is 291 cm³/mol. The van der Waals surface area contributed by atoms with E-state index in [4.69, 9.17) is 29.0 Å². The van der Waals surface area contributed by atoms with Crippen LogP contribution in [0.15, 0.2) is 102 Å². The Balaban J connectivity index is 1.79. The van der Waals surface area contributed by atoms with Crippen LogP contribution < -0.4 is 11.4 Å². The van der Waals surface area contributed by atoms with E-state index in [1.807, 2.05) is 25.2 Å². The van der Waals surface area contributed by atoms with Crippen molar-refractivity contribution >= 4 is 39.2 Å². The molecule has 0 saturated carbocycles. The van der Waals surface area contributed by atoms with E-state index in [-0.39, 0.29) is 44.3 Å². The number of nitrogen functional groups attached to an aromatic ring is 1. The molecule has 1 aromatic heterocycles. The fraction of sp³-hybridized carbons (Fsp3) is 0.611. The van der Waals surface area contributed by atoms with Gasteiger partial charge in [-0.2, -0.15) is 9.29 Å². The number of aliphatic hydroxyl groups is 5. The summed E-state index contributed by atoms with van der Waals surface area (Å²) in [5.74, 6) is -5.33. The number of carbonyl (C=O) groups is 3. The van der Waals surface area contributed by atoms with Gasteiger partial charge in [-0.1, -0.05) is 118 Å². The minimum absolute atomic E-state index is 0.0952. The Morgan fingerprint density at radius 3 is 2.00 bits per heavy atom. The molecule has 0 amide bonds. The Hall–Kier alpha value is -4.51. The van der Waals surface area contributed by atoms with Crippen LogP contribution in [0.5, 0.6) is 0 Å². The number of ether oxygens (including phenoxy) is 3. The lowest BCUT2D eigenvalue weighted by atomic mass is 9.82. The van der Waals surface area contributed by atoms with Crippen molar-refractivity contribution < 1.29 is 86.4 Å². The monoisotopic (exact) mass is 1140 g/mol. The number of carbonyl (C=O) groups excluding carboxylic acids is 3. The van der Waals surface area contributed by atoms with Crippen molar-refractivity contribution in [1.29, 1.82) is 0 Å². The third-order valence-corrected chi connectivity index (χ3v) is 15.0. The predicted octanol–water partition coefficient (Wildman–Crippen LogP) is 7.00. The Morgan fingerprint density at radius 2 is 1.40 bits per heavy atom. The summed E-state index contributed by atoms with van der Waals surface area (Å²) in [4.78, 5) is 78.0. The maximum Gasteiger partial charge on any atom is 0.481 e. The summed E-state index contributed by atoms with van der Waals surface area (Å²) in [5.41, 5.74) is 4.66. The fourth-order valence-electron chi connectivity index (χ4n) is 8.21. The third kappa shape index (κ3) is 27.6. The second-order valence-corrected chi connectivity index (χ2v) is 22.0. The van der Waals surface area contributed by atoms with Crippen molar-refractivity contribution in [1.82, 2.24) is 9.55 Å². The molecule has 2 unspecified atom stereocenters. The highest BCUT2D eigenvalue weighted by Crippen LogP contribution is 2.60. The SMILES string of the molecule is CC/C=C\C/C=C\C/C=C\C/C=C\C/C=C\C/C=C\CCC(=O)O[C@@H]1COC(=O)CCCCC(=O)C[C@@H]2[C@H](n3ccc(N)nc3=O)O[C@H](COP(=O)(O)OP(=O)(O)OC1)[C@@H](O)[C@@H](O)[C@@H](/C=C/[C@@H](O)CCCCC)[C@H](O)C[C@@H]2O. The number of unbranched alkanes of at least 4 members (excludes halogenated alkanes) is 2. The summed E-state index contributed by atoms with van der Waals surface area (Å²) in [7, 11) is -11.4. The van der Waals surface area contributed by atoms with E-state index >= 15 is 0 Å². The molecule has 3 heterocycles. The average molecular weight is 1140 g/mol. The molecule has 78 heavy (non-hydrogen) atoms. The van der Waals surface area contributed by atoms with E-state index in [1.165, 1.54) is 18.2 Å². The average Bonchev–Trinajstić information content (AvgIpc) is 3.37. The minimum atomic E-state index is -5.78. The molecule has 0 radical (unpaired) electrons. The second kappa shape index (κ2) is 37.4. The number of aromatic nitrogens is 2. The number of aliphatic hydroxyl groups excluding tert-OH is 5. The number of Topliss-reactive ketones (excluding diaryl/α,β-unsaturated/α-hetero) is 1. The van der Waals surface area contributed by atoms with Crippen molar-refractivity contribution in [2.75, 3.05) is 25.6 Å². The van der Waals surface area contributed by atoms with Crippen LogP contribution in [0.2, 0.25) is 0 Å². The number of hydrogen-bond donors (Lipinski definition) is 8. The highest BCUT2D eigenvalue weighted by atomic mass is 31.3. The Kier molecular flexibility index (Phi) is 32.5. The molecule has 22 nitrogen and oxygen atoms in total. The van der Waals surface area contributed by atoms with Gasteiger partial charge >= 0.3 is 33.3 Å². The number of phosphoric ester groups is 2. The molecule has 2 aliphatic rings. The molecule has 0 aromatic carbocycles. The minimum Gasteiger partial charge on any atom is -0.462 e. The number of rotatable bonds is 22. The zero-order valence-electron chi connectivity index (χ0n) is 44.8. The number of allylic oxidation sites excluding steroid dienone is 12. The van der Waals surface area contributed by atoms with Crippen LogP contribution in [-0.2, 0) is 51.1 Å². The van der Waals surface area contributed by atoms with E-state index in [2.05, 4.69) is 64.8 Å². The van der Waals surface area contributed by atoms with Gasteiger partial charge in [0, 0.05) is 50.1 Å². The van der Waals surface area contributed by atoms with E-state index in [0.29, 0.717) is 19.3 Å². The Morgan fingerprint density at radius 1 is 0.808 bits per heavy atom. The summed E-state index contributed by atoms with van der Waals surface area (Å²) < 4.78 is 58.7. The number of nitrogens with two attached hydrogens (primary N) is 1. The first kappa shape index (κ1) is 67.8. The first-order valence-corrected chi connectivity index (χ1v) is 29.8. The molecule has 9 N–H and O–H groups in total. The lowest BCUT2D eigenvalue weighted by Gasteiger charge is -2.40. The highest BCUT2D eigenvalue weighted by Gasteiger charge is 2.45. The summed E-state index contributed by atoms with van der Waals surface area (Å²) in [6, 6.07) is 1.17. The van der Waals surface area contributed by atoms with Crippen LogP contribution in [0, 0.1) is 11.8 Å². The molecule has 12 atom stereocenters. The number of hydrogen-bond acceptors (Lipinski definition) is 19. The molecule has 2 saturated heterocycles. The number of cyclic esters (lactones) is 1. The highest BCUT2D eigenvalue weighted by molar-refractivity contribution is 7.61. The van der Waals surface area contributed by atoms with E-state index in [0.717, 1.165) is 55.7 Å². The van der Waals surface area contributed by atoms with Crippen LogP contribution in [0.1, 0.15) is 136 Å². The maximum absolute atomic E-state index is 13.7. The van der Waals surface area contributed by atoms with Crippen LogP contribution >= 0.6 is 15.6 Å². The van der Waals surface area contributed by atoms with Crippen molar-refractivity contribution in [3.8, 4) is 0 Å². The molecule has 3 rings (SSSR count). The van der Waals surface area contributed by atoms with Gasteiger partial charge in [0.1, 0.15) is 36.6 Å². The molecular formula is C54H83N3O19P2. The molecule has 2 bridgehead atoms. The van der Waals surface area contributed by atoms with Gasteiger partial charge in [-0.25, -0.2) is 13.9 Å². The number of phosphoric acid groups is 2. The topological polar surface area (TPSA) is 343 Å². The standard InChI is InChI=1S/C54H83N3O19P2/c1-3-5-7-8-9-10-11-12-13-14-15-16-17-18-19-20-21-22-24-30-50(63)74-42-37-71-49(62)29-26-25-28-41(59)35-44-46(61)36-45(60)43(32-31-40(58)27-23-6-4-2)51(64)52(65)47(39-73-78(69,70)76-77(67,68)72-38-42)75-53(44)57-34-33-48(55)56-54(57)66/h5,7,9-10,12-13,15-16,18-19,21-22,31-34,40,42-47,51-53,58,60-61,64-65H,3-4,6,8,11,14,17,20,23-30,35-39H2,1-2H3,(H,67,68)(H,69,70)(H2,55,56,66)/b7-5-,10-9-,13-12-,16-15-,19-18-,22-21-,32-31+/t40-,42+,43-,44-,45+,46-,47+,51-,52+,53+/m0/s1. The van der Waals surface area contributed by atoms with E-state index in [1.54, 1.807) is 6.08 Å². The van der Waals surface area contributed by atoms with Gasteiger partial charge in [0.25, 0.3) is 0 Å². The number of nitrogens with zero attached hydrogens (tertiary/aromatic N) is 2. The van der Waals surface area contributed by atoms with E-state index in [9.17, 15) is 63.6 Å². The third-order valence-electron chi connectivity index (χ3n) is 12.4. The lowest BCUT2D eigenvalue weighted by molar-refractivity contribution is -0.196. The number of fused-ring (bicyclic) bond motifs is 3. The molecule has 2 aliphatic heterocycles. The van der Waals surface area contributed by atoms with E-state index < -0.39 is 133 Å². The van der Waals surface area contributed by atoms with Gasteiger partial charge in [-0.3, -0.25) is 28.0 Å². The van der Waals surface area contributed by atoms with Crippen LogP contribution in [-0.4, -0.2) is 125 Å². The molecular weight excluding hydrogens is 1060 g/mol. The zero-order chi connectivity index (χ0) is 57.4. The van der Waals surface area contributed by atoms with Crippen LogP contribution in [0.3, 0.4) is 0 Å². The molecule has 2 fully saturated rings. The van der Waals surface area contributed by atoms with Gasteiger partial charge in [0.05, 0.1) is 37.6 Å². The molecule has 24 heteroatoms. The normalized spacial score (nSPS) is 29.8. The largest absolute Gasteiger partial charge is 0.481 e. The van der Waals surface area contributed by atoms with Gasteiger partial charge in [-0.05, 0) is 70.3 Å². The summed E-state index contributed by atoms with van der Waals surface area (Å²) in [6.45, 7) is 1.11. The van der Waals surface area contributed by atoms with Gasteiger partial charge in [0.15, 0.2) is 6.10 Å². The molecule has 0 spiro atoms. The van der Waals surface area contributed by atoms with Crippen molar-refractivity contribution in [2.45, 2.75) is 178 Å². The van der Waals surface area contributed by atoms with Crippen LogP contribution in [0.25, 0.3) is 0 Å². The molecule has 1 aromatic rings. The summed E-state index contributed by atoms with van der Waals surface area (Å²) in [5, 5.41) is 57.5. The summed E-state index contributed by atoms with van der Waals surface area (Å²) in [6.07, 6.45) is 20.4. The first-order valence-electron chi connectivity index (χ1n) is 26.8. The zero-order valence-corrected chi connectivity index (χ0v) is 46.5. The lowest BCUT2D eigenvalue weighted by Crippen LogP contribution is -2.52. The van der Waals surface area contributed by atoms with Gasteiger partial charge in [-0.15, -0.1) is 0 Å². The maximum atomic E-state index is 13.7. The van der Waals surface area contributed by atoms with Gasteiger partial charge in [0.2, 0.25) is 0 Å². The first-order chi connectivity index (χ1) is 37.3. The number of esters is 2. The fourth-order valence-corrected chi connectivity index (χ4v) is 10.3. The number of anilines is 1. The summed E-state index contributed by atoms with van der Waals surface area (Å²) >= 11 is 0. The van der Waals surface area contributed by atoms with Crippen molar-refractivity contribution in [2.24, 2.45) is 11.8 Å². The van der Waals surface area contributed by atoms with Gasteiger partial charge < -0.3 is 55.3 Å². The van der Waals surface area contributed by atoms with Crippen molar-refractivity contribution in [3.63, 3.8) is 0 Å². The Labute approximate surface area is 457 Å². The number of ketones is 1. The molecule has 438 valence electrons. The second-order valence-electron chi connectivity index (χ2n) is 19.0. The smallest absolute Gasteiger partial charge is 0.462 e. The Bertz CT molecular complexity index is 2340. The van der Waals surface area contributed by atoms with Crippen molar-refractivity contribution in [3.05, 3.63) is 108 Å². The molecule has 0 aliphatic carbocycles. The quantitative estimate of drug-likeness (QED) is 0.0250. The van der Waals surface area contributed by atoms with Crippen LogP contribution in [0.4, 0.5) is 5.82 Å².